The van der Waals surface area contributed by atoms with Gasteiger partial charge >= 0.3 is 0 Å². The van der Waals surface area contributed by atoms with Gasteiger partial charge in [-0.15, -0.1) is 22.7 Å². The van der Waals surface area contributed by atoms with Gasteiger partial charge < -0.3 is 15.5 Å². The minimum atomic E-state index is -0.692. The molecule has 1 aliphatic carbocycles. The summed E-state index contributed by atoms with van der Waals surface area (Å²) in [6.07, 6.45) is 5.02. The summed E-state index contributed by atoms with van der Waals surface area (Å²) in [6, 6.07) is 2.24. The first-order chi connectivity index (χ1) is 12.6. The van der Waals surface area contributed by atoms with Crippen molar-refractivity contribution in [3.63, 3.8) is 0 Å². The van der Waals surface area contributed by atoms with Crippen LogP contribution in [0.3, 0.4) is 0 Å². The normalized spacial score (nSPS) is 19.2. The SMILES string of the molecule is Cc1csc(C(=O)N2CCC(Nc3nccs3)(C(=O)NC3CC3)CC2)c1. The zero-order valence-corrected chi connectivity index (χ0v) is 16.3. The van der Waals surface area contributed by atoms with Crippen LogP contribution in [0.4, 0.5) is 5.13 Å². The van der Waals surface area contributed by atoms with E-state index in [1.165, 1.54) is 22.7 Å². The molecule has 2 aromatic rings. The molecule has 0 atom stereocenters. The molecule has 2 aliphatic rings. The van der Waals surface area contributed by atoms with Crippen molar-refractivity contribution in [3.8, 4) is 0 Å². The molecular formula is C18H22N4O2S2. The number of carbonyl (C=O) groups is 2. The van der Waals surface area contributed by atoms with Crippen molar-refractivity contribution in [2.24, 2.45) is 0 Å². The molecular weight excluding hydrogens is 368 g/mol. The number of anilines is 1. The van der Waals surface area contributed by atoms with Crippen LogP contribution >= 0.6 is 22.7 Å². The number of carbonyl (C=O) groups excluding carboxylic acids is 2. The molecule has 26 heavy (non-hydrogen) atoms. The molecule has 2 aromatic heterocycles. The molecule has 8 heteroatoms. The highest BCUT2D eigenvalue weighted by Crippen LogP contribution is 2.31. The summed E-state index contributed by atoms with van der Waals surface area (Å²) < 4.78 is 0. The van der Waals surface area contributed by atoms with E-state index in [0.717, 1.165) is 28.4 Å². The molecule has 1 saturated carbocycles. The van der Waals surface area contributed by atoms with E-state index in [1.807, 2.05) is 28.7 Å². The standard InChI is InChI=1S/C18H22N4O2S2/c1-12-10-14(26-11-12)15(23)22-7-4-18(5-8-22,16(24)20-13-2-3-13)21-17-19-6-9-25-17/h6,9-11,13H,2-5,7-8H2,1H3,(H,19,21)(H,20,24). The van der Waals surface area contributed by atoms with Gasteiger partial charge in [-0.1, -0.05) is 0 Å². The molecule has 3 heterocycles. The average Bonchev–Trinajstić information content (AvgIpc) is 3.11. The Balaban J connectivity index is 1.47. The topological polar surface area (TPSA) is 74.3 Å². The van der Waals surface area contributed by atoms with Crippen molar-refractivity contribution in [1.82, 2.24) is 15.2 Å². The van der Waals surface area contributed by atoms with E-state index in [0.29, 0.717) is 32.0 Å². The number of piperidine rings is 1. The zero-order chi connectivity index (χ0) is 18.1. The van der Waals surface area contributed by atoms with Crippen LogP contribution in [0.15, 0.2) is 23.0 Å². The zero-order valence-electron chi connectivity index (χ0n) is 14.7. The molecule has 2 fully saturated rings. The lowest BCUT2D eigenvalue weighted by molar-refractivity contribution is -0.127. The second-order valence-electron chi connectivity index (χ2n) is 7.07. The van der Waals surface area contributed by atoms with Crippen LogP contribution in [0.2, 0.25) is 0 Å². The van der Waals surface area contributed by atoms with E-state index in [1.54, 1.807) is 6.20 Å². The number of aryl methyl sites for hydroxylation is 1. The Bertz CT molecular complexity index is 790. The summed E-state index contributed by atoms with van der Waals surface area (Å²) in [5.74, 6) is 0.0998. The van der Waals surface area contributed by atoms with Crippen molar-refractivity contribution in [1.29, 1.82) is 0 Å². The van der Waals surface area contributed by atoms with Crippen molar-refractivity contribution in [2.75, 3.05) is 18.4 Å². The Morgan fingerprint density at radius 1 is 1.27 bits per heavy atom. The number of thiazole rings is 1. The lowest BCUT2D eigenvalue weighted by atomic mass is 9.86. The number of nitrogens with zero attached hydrogens (tertiary/aromatic N) is 2. The van der Waals surface area contributed by atoms with Gasteiger partial charge in [0.15, 0.2) is 5.13 Å². The van der Waals surface area contributed by atoms with E-state index < -0.39 is 5.54 Å². The van der Waals surface area contributed by atoms with Gasteiger partial charge in [0.25, 0.3) is 5.91 Å². The van der Waals surface area contributed by atoms with Gasteiger partial charge in [0, 0.05) is 30.7 Å². The summed E-state index contributed by atoms with van der Waals surface area (Å²) >= 11 is 2.98. The third-order valence-electron chi connectivity index (χ3n) is 4.97. The first kappa shape index (κ1) is 17.5. The monoisotopic (exact) mass is 390 g/mol. The lowest BCUT2D eigenvalue weighted by Crippen LogP contribution is -2.59. The van der Waals surface area contributed by atoms with Crippen LogP contribution in [0.25, 0.3) is 0 Å². The third kappa shape index (κ3) is 3.61. The van der Waals surface area contributed by atoms with Gasteiger partial charge in [-0.2, -0.15) is 0 Å². The van der Waals surface area contributed by atoms with Gasteiger partial charge in [-0.3, -0.25) is 9.59 Å². The molecule has 2 amide bonds. The van der Waals surface area contributed by atoms with Crippen LogP contribution in [0.1, 0.15) is 40.9 Å². The van der Waals surface area contributed by atoms with E-state index in [2.05, 4.69) is 15.6 Å². The van der Waals surface area contributed by atoms with E-state index >= 15 is 0 Å². The summed E-state index contributed by atoms with van der Waals surface area (Å²) in [5.41, 5.74) is 0.418. The highest BCUT2D eigenvalue weighted by molar-refractivity contribution is 7.13. The number of likely N-dealkylation sites (tertiary alicyclic amines) is 1. The number of rotatable bonds is 5. The van der Waals surface area contributed by atoms with E-state index in [-0.39, 0.29) is 11.8 Å². The Morgan fingerprint density at radius 2 is 2.04 bits per heavy atom. The fourth-order valence-electron chi connectivity index (χ4n) is 3.24. The largest absolute Gasteiger partial charge is 0.351 e. The predicted octanol–water partition coefficient (Wildman–Crippen LogP) is 2.88. The van der Waals surface area contributed by atoms with Crippen LogP contribution in [0, 0.1) is 6.92 Å². The third-order valence-corrected chi connectivity index (χ3v) is 6.70. The van der Waals surface area contributed by atoms with Crippen LogP contribution in [0.5, 0.6) is 0 Å². The number of hydrogen-bond acceptors (Lipinski definition) is 6. The smallest absolute Gasteiger partial charge is 0.263 e. The first-order valence-electron chi connectivity index (χ1n) is 8.89. The summed E-state index contributed by atoms with van der Waals surface area (Å²) in [6.45, 7) is 3.12. The molecule has 2 N–H and O–H groups in total. The molecule has 0 radical (unpaired) electrons. The van der Waals surface area contributed by atoms with Crippen molar-refractivity contribution >= 4 is 39.6 Å². The van der Waals surface area contributed by atoms with Gasteiger partial charge in [-0.05, 0) is 49.6 Å². The van der Waals surface area contributed by atoms with Crippen molar-refractivity contribution < 1.29 is 9.59 Å². The number of hydrogen-bond donors (Lipinski definition) is 2. The molecule has 1 aliphatic heterocycles. The van der Waals surface area contributed by atoms with Crippen LogP contribution < -0.4 is 10.6 Å². The van der Waals surface area contributed by atoms with E-state index in [4.69, 9.17) is 0 Å². The highest BCUT2D eigenvalue weighted by Gasteiger charge is 2.44. The number of thiophene rings is 1. The van der Waals surface area contributed by atoms with Crippen molar-refractivity contribution in [3.05, 3.63) is 33.5 Å². The van der Waals surface area contributed by atoms with Gasteiger partial charge in [-0.25, -0.2) is 4.98 Å². The number of aromatic nitrogens is 1. The molecule has 6 nitrogen and oxygen atoms in total. The minimum absolute atomic E-state index is 0.0364. The molecule has 1 saturated heterocycles. The second-order valence-corrected chi connectivity index (χ2v) is 8.88. The molecule has 0 bridgehead atoms. The second kappa shape index (κ2) is 7.00. The average molecular weight is 391 g/mol. The predicted molar refractivity (Wildman–Crippen MR) is 104 cm³/mol. The van der Waals surface area contributed by atoms with Crippen molar-refractivity contribution in [2.45, 2.75) is 44.2 Å². The Morgan fingerprint density at radius 3 is 2.62 bits per heavy atom. The molecule has 4 rings (SSSR count). The Hall–Kier alpha value is -1.93. The number of nitrogens with one attached hydrogen (secondary N) is 2. The van der Waals surface area contributed by atoms with E-state index in [9.17, 15) is 9.59 Å². The van der Waals surface area contributed by atoms with Crippen LogP contribution in [-0.2, 0) is 4.79 Å². The summed E-state index contributed by atoms with van der Waals surface area (Å²) in [7, 11) is 0. The molecule has 138 valence electrons. The maximum atomic E-state index is 12.9. The fourth-order valence-corrected chi connectivity index (χ4v) is 4.73. The summed E-state index contributed by atoms with van der Waals surface area (Å²) in [4.78, 5) is 32.6. The lowest BCUT2D eigenvalue weighted by Gasteiger charge is -2.41. The quantitative estimate of drug-likeness (QED) is 0.823. The molecule has 0 spiro atoms. The Kier molecular flexibility index (Phi) is 4.71. The fraction of sp³-hybridized carbons (Fsp3) is 0.500. The maximum absolute atomic E-state index is 12.9. The maximum Gasteiger partial charge on any atom is 0.263 e. The number of amides is 2. The summed E-state index contributed by atoms with van der Waals surface area (Å²) in [5, 5.41) is 11.1. The van der Waals surface area contributed by atoms with Gasteiger partial charge in [0.05, 0.1) is 4.88 Å². The van der Waals surface area contributed by atoms with Gasteiger partial charge in [0.1, 0.15) is 5.54 Å². The molecule has 0 aromatic carbocycles. The van der Waals surface area contributed by atoms with Crippen LogP contribution in [-0.4, -0.2) is 46.4 Å². The first-order valence-corrected chi connectivity index (χ1v) is 10.6. The Labute approximate surface area is 160 Å². The highest BCUT2D eigenvalue weighted by atomic mass is 32.1. The molecule has 0 unspecified atom stereocenters. The minimum Gasteiger partial charge on any atom is -0.351 e. The van der Waals surface area contributed by atoms with Gasteiger partial charge in [0.2, 0.25) is 5.91 Å².